The van der Waals surface area contributed by atoms with Crippen molar-refractivity contribution in [3.63, 3.8) is 0 Å². The summed E-state index contributed by atoms with van der Waals surface area (Å²) in [6.07, 6.45) is 2.99. The van der Waals surface area contributed by atoms with Gasteiger partial charge < -0.3 is 5.11 Å². The van der Waals surface area contributed by atoms with Gasteiger partial charge in [-0.25, -0.2) is 4.39 Å². The summed E-state index contributed by atoms with van der Waals surface area (Å²) in [6.45, 7) is 6.02. The first-order valence-electron chi connectivity index (χ1n) is 9.95. The van der Waals surface area contributed by atoms with Gasteiger partial charge in [-0.1, -0.05) is 45.7 Å². The van der Waals surface area contributed by atoms with E-state index in [1.165, 1.54) is 30.3 Å². The van der Waals surface area contributed by atoms with E-state index in [0.717, 1.165) is 19.3 Å². The number of nitro groups is 1. The van der Waals surface area contributed by atoms with Crippen LogP contribution in [0.2, 0.25) is 0 Å². The Hall–Kier alpha value is -2.12. The third kappa shape index (κ3) is 8.03. The predicted octanol–water partition coefficient (Wildman–Crippen LogP) is 5.26. The highest BCUT2D eigenvalue weighted by Crippen LogP contribution is 2.23. The first kappa shape index (κ1) is 24.9. The first-order chi connectivity index (χ1) is 13.9. The molecule has 0 heterocycles. The van der Waals surface area contributed by atoms with Gasteiger partial charge in [0.2, 0.25) is 0 Å². The molecule has 0 fully saturated rings. The van der Waals surface area contributed by atoms with Crippen molar-refractivity contribution in [2.75, 3.05) is 12.4 Å². The summed E-state index contributed by atoms with van der Waals surface area (Å²) in [6, 6.07) is 10.2. The minimum atomic E-state index is -1.38. The lowest BCUT2D eigenvalue weighted by atomic mass is 10.0. The molecule has 0 aliphatic rings. The number of halogens is 1. The van der Waals surface area contributed by atoms with E-state index in [1.54, 1.807) is 12.1 Å². The number of hydrogen-bond donors (Lipinski definition) is 1. The first-order valence-corrected chi connectivity index (χ1v) is 11.3. The van der Waals surface area contributed by atoms with Crippen molar-refractivity contribution in [1.82, 2.24) is 0 Å². The molecule has 0 spiro atoms. The zero-order chi connectivity index (χ0) is 21.8. The molecule has 2 atom stereocenters. The third-order valence-electron chi connectivity index (χ3n) is 4.39. The summed E-state index contributed by atoms with van der Waals surface area (Å²) >= 11 is 0. The smallest absolute Gasteiger partial charge is 0.269 e. The summed E-state index contributed by atoms with van der Waals surface area (Å²) in [5.74, 6) is -0.202. The number of hydrogen-bond acceptors (Lipinski definition) is 4. The normalized spacial score (nSPS) is 12.6. The lowest BCUT2D eigenvalue weighted by molar-refractivity contribution is -0.384. The van der Waals surface area contributed by atoms with E-state index in [9.17, 15) is 23.8 Å². The molecule has 160 valence electrons. The zero-order valence-corrected chi connectivity index (χ0v) is 18.1. The zero-order valence-electron chi connectivity index (χ0n) is 17.3. The van der Waals surface area contributed by atoms with Crippen LogP contribution >= 0.6 is 0 Å². The van der Waals surface area contributed by atoms with Crippen LogP contribution < -0.4 is 0 Å². The fourth-order valence-corrected chi connectivity index (χ4v) is 4.46. The Balaban J connectivity index is 0.00000204. The molecule has 0 saturated heterocycles. The van der Waals surface area contributed by atoms with Gasteiger partial charge in [-0.15, -0.1) is 0 Å². The van der Waals surface area contributed by atoms with Crippen molar-refractivity contribution < 1.29 is 18.6 Å². The van der Waals surface area contributed by atoms with Crippen LogP contribution in [0.4, 0.5) is 10.1 Å². The van der Waals surface area contributed by atoms with Crippen LogP contribution in [0.15, 0.2) is 47.4 Å². The van der Waals surface area contributed by atoms with Gasteiger partial charge in [0.05, 0.1) is 15.7 Å². The molecule has 29 heavy (non-hydrogen) atoms. The van der Waals surface area contributed by atoms with Crippen LogP contribution in [-0.4, -0.2) is 26.6 Å². The molecular weight excluding hydrogens is 393 g/mol. The van der Waals surface area contributed by atoms with Gasteiger partial charge in [0, 0.05) is 29.4 Å². The van der Waals surface area contributed by atoms with Gasteiger partial charge in [-0.05, 0) is 48.1 Å². The van der Waals surface area contributed by atoms with Gasteiger partial charge in [0.15, 0.2) is 0 Å². The molecule has 0 aliphatic heterocycles. The number of nitrogens with zero attached hydrogens (tertiary/aromatic N) is 1. The van der Waals surface area contributed by atoms with E-state index in [0.29, 0.717) is 21.8 Å². The Morgan fingerprint density at radius 2 is 1.93 bits per heavy atom. The van der Waals surface area contributed by atoms with Gasteiger partial charge in [-0.3, -0.25) is 14.3 Å². The maximum Gasteiger partial charge on any atom is 0.269 e. The second-order valence-corrected chi connectivity index (χ2v) is 8.02. The van der Waals surface area contributed by atoms with Crippen molar-refractivity contribution in [2.24, 2.45) is 5.92 Å². The van der Waals surface area contributed by atoms with Crippen LogP contribution in [0.5, 0.6) is 0 Å². The molecule has 7 heteroatoms. The topological polar surface area (TPSA) is 80.4 Å². The number of non-ortho nitro benzene ring substituents is 1. The van der Waals surface area contributed by atoms with Crippen LogP contribution in [-0.2, 0) is 17.2 Å². The second-order valence-electron chi connectivity index (χ2n) is 6.56. The van der Waals surface area contributed by atoms with Gasteiger partial charge in [-0.2, -0.15) is 0 Å². The van der Waals surface area contributed by atoms with E-state index < -0.39 is 21.5 Å². The summed E-state index contributed by atoms with van der Waals surface area (Å²) in [7, 11) is -1.38. The van der Waals surface area contributed by atoms with Crippen molar-refractivity contribution in [2.45, 2.75) is 51.3 Å². The third-order valence-corrected chi connectivity index (χ3v) is 6.06. The van der Waals surface area contributed by atoms with Crippen LogP contribution in [0.1, 0.15) is 51.2 Å². The van der Waals surface area contributed by atoms with E-state index in [-0.39, 0.29) is 24.6 Å². The molecule has 0 saturated carbocycles. The van der Waals surface area contributed by atoms with Crippen molar-refractivity contribution in [3.8, 4) is 0 Å². The highest BCUT2D eigenvalue weighted by atomic mass is 32.2. The molecule has 0 aliphatic carbocycles. The number of benzene rings is 2. The van der Waals surface area contributed by atoms with Gasteiger partial charge >= 0.3 is 0 Å². The molecule has 2 rings (SSSR count). The quantitative estimate of drug-likeness (QED) is 0.418. The highest BCUT2D eigenvalue weighted by molar-refractivity contribution is 7.85. The number of aliphatic hydroxyl groups excluding tert-OH is 1. The Morgan fingerprint density at radius 1 is 1.21 bits per heavy atom. The lowest BCUT2D eigenvalue weighted by Gasteiger charge is -2.15. The van der Waals surface area contributed by atoms with Crippen LogP contribution in [0, 0.1) is 21.8 Å². The maximum absolute atomic E-state index is 13.8. The molecule has 5 nitrogen and oxygen atoms in total. The standard InChI is InChI=1S/C20H24FNO4S.C2H6/c1-2-3-5-16(13-23)14-27(26)20-9-8-18(21)12-17(20)10-15-6-4-7-19(11-15)22(24)25;1-2/h4,6-9,11-12,16,23H,2-3,5,10,13-14H2,1H3;1-2H3/t16-,27?;/m0./s1. The molecule has 1 unspecified atom stereocenters. The number of unbranched alkanes of at least 4 members (excludes halogenated alkanes) is 1. The van der Waals surface area contributed by atoms with E-state index in [1.807, 2.05) is 13.8 Å². The molecule has 1 N–H and O–H groups in total. The Kier molecular flexibility index (Phi) is 11.3. The van der Waals surface area contributed by atoms with E-state index in [2.05, 4.69) is 6.92 Å². The Bertz CT molecular complexity index is 813. The maximum atomic E-state index is 13.8. The second kappa shape index (κ2) is 13.2. The highest BCUT2D eigenvalue weighted by Gasteiger charge is 2.17. The van der Waals surface area contributed by atoms with Gasteiger partial charge in [0.1, 0.15) is 5.82 Å². The Morgan fingerprint density at radius 3 is 2.55 bits per heavy atom. The molecule has 2 aromatic rings. The monoisotopic (exact) mass is 423 g/mol. The summed E-state index contributed by atoms with van der Waals surface area (Å²) in [5, 5.41) is 20.5. The fraction of sp³-hybridized carbons (Fsp3) is 0.455. The van der Waals surface area contributed by atoms with Crippen molar-refractivity contribution in [1.29, 1.82) is 0 Å². The van der Waals surface area contributed by atoms with Crippen molar-refractivity contribution >= 4 is 16.5 Å². The van der Waals surface area contributed by atoms with Crippen LogP contribution in [0.3, 0.4) is 0 Å². The number of aliphatic hydroxyl groups is 1. The summed E-state index contributed by atoms with van der Waals surface area (Å²) < 4.78 is 26.6. The summed E-state index contributed by atoms with van der Waals surface area (Å²) in [4.78, 5) is 11.0. The lowest BCUT2D eigenvalue weighted by Crippen LogP contribution is -2.16. The largest absolute Gasteiger partial charge is 0.396 e. The minimum absolute atomic E-state index is 0.0346. The Labute approximate surface area is 174 Å². The molecule has 0 aromatic heterocycles. The molecule has 0 radical (unpaired) electrons. The fourth-order valence-electron chi connectivity index (χ4n) is 2.93. The average molecular weight is 424 g/mol. The average Bonchev–Trinajstić information content (AvgIpc) is 2.72. The number of nitro benzene ring substituents is 1. The molecular formula is C22H30FNO4S. The summed E-state index contributed by atoms with van der Waals surface area (Å²) in [5.41, 5.74) is 1.16. The van der Waals surface area contributed by atoms with E-state index >= 15 is 0 Å². The van der Waals surface area contributed by atoms with E-state index in [4.69, 9.17) is 0 Å². The molecule has 0 bridgehead atoms. The SMILES string of the molecule is CC.CCCC[C@@H](CO)CS(=O)c1ccc(F)cc1Cc1cccc([N+](=O)[O-])c1. The van der Waals surface area contributed by atoms with Crippen LogP contribution in [0.25, 0.3) is 0 Å². The van der Waals surface area contributed by atoms with Gasteiger partial charge in [0.25, 0.3) is 5.69 Å². The molecule has 0 amide bonds. The minimum Gasteiger partial charge on any atom is -0.396 e. The predicted molar refractivity (Wildman–Crippen MR) is 115 cm³/mol. The molecule has 2 aromatic carbocycles. The van der Waals surface area contributed by atoms with Crippen molar-refractivity contribution in [3.05, 3.63) is 69.5 Å². The number of rotatable bonds is 10.